The van der Waals surface area contributed by atoms with Gasteiger partial charge in [-0.3, -0.25) is 4.79 Å². The molecule has 0 aliphatic heterocycles. The number of hydrogen-bond acceptors (Lipinski definition) is 4. The van der Waals surface area contributed by atoms with Crippen molar-refractivity contribution in [3.8, 4) is 6.07 Å². The number of nitrogens with zero attached hydrogens (tertiary/aromatic N) is 2. The monoisotopic (exact) mass is 354 g/mol. The summed E-state index contributed by atoms with van der Waals surface area (Å²) < 4.78 is 0. The number of anilines is 3. The Morgan fingerprint density at radius 1 is 1.36 bits per heavy atom. The third-order valence-electron chi connectivity index (χ3n) is 3.58. The van der Waals surface area contributed by atoms with Gasteiger partial charge in [-0.05, 0) is 49.7 Å². The minimum Gasteiger partial charge on any atom is -0.398 e. The normalized spacial score (nSPS) is 10.9. The predicted molar refractivity (Wildman–Crippen MR) is 102 cm³/mol. The summed E-state index contributed by atoms with van der Waals surface area (Å²) in [6.45, 7) is 4.56. The van der Waals surface area contributed by atoms with Gasteiger partial charge in [-0.25, -0.2) is 0 Å². The second kappa shape index (κ2) is 8.22. The van der Waals surface area contributed by atoms with E-state index in [1.807, 2.05) is 49.1 Å². The van der Waals surface area contributed by atoms with Crippen molar-refractivity contribution in [3.63, 3.8) is 0 Å². The van der Waals surface area contributed by atoms with Crippen molar-refractivity contribution in [2.45, 2.75) is 13.8 Å². The van der Waals surface area contributed by atoms with Crippen molar-refractivity contribution in [1.29, 1.82) is 5.26 Å². The molecule has 1 amide bonds. The SMILES string of the molecule is CCN(/C=C(/C#N)C(=O)Nc1ccc(N)c(Cl)c1)c1cccc(C)c1. The zero-order chi connectivity index (χ0) is 18.4. The fourth-order valence-electron chi connectivity index (χ4n) is 2.25. The summed E-state index contributed by atoms with van der Waals surface area (Å²) in [4.78, 5) is 14.2. The van der Waals surface area contributed by atoms with E-state index in [1.54, 1.807) is 24.4 Å². The van der Waals surface area contributed by atoms with Crippen LogP contribution in [-0.4, -0.2) is 12.5 Å². The van der Waals surface area contributed by atoms with Crippen LogP contribution in [0.25, 0.3) is 0 Å². The summed E-state index contributed by atoms with van der Waals surface area (Å²) in [5.41, 5.74) is 8.56. The number of carbonyl (C=O) groups excluding carboxylic acids is 1. The Labute approximate surface area is 152 Å². The minimum atomic E-state index is -0.505. The fourth-order valence-corrected chi connectivity index (χ4v) is 2.43. The van der Waals surface area contributed by atoms with Crippen LogP contribution in [0, 0.1) is 18.3 Å². The van der Waals surface area contributed by atoms with Crippen molar-refractivity contribution < 1.29 is 4.79 Å². The number of hydrogen-bond donors (Lipinski definition) is 2. The number of benzene rings is 2. The Balaban J connectivity index is 2.24. The van der Waals surface area contributed by atoms with E-state index in [0.717, 1.165) is 11.3 Å². The smallest absolute Gasteiger partial charge is 0.267 e. The average Bonchev–Trinajstić information content (AvgIpc) is 2.59. The first-order valence-electron chi connectivity index (χ1n) is 7.76. The summed E-state index contributed by atoms with van der Waals surface area (Å²) in [6, 6.07) is 14.6. The van der Waals surface area contributed by atoms with Gasteiger partial charge in [0.2, 0.25) is 0 Å². The maximum atomic E-state index is 12.4. The number of aryl methyl sites for hydroxylation is 1. The molecule has 6 heteroatoms. The standard InChI is InChI=1S/C19H19ClN4O/c1-3-24(16-6-4-5-13(2)9-16)12-14(11-21)19(25)23-15-7-8-18(22)17(20)10-15/h4-10,12H,3,22H2,1-2H3,(H,23,25)/b14-12-. The molecule has 0 aliphatic carbocycles. The van der Waals surface area contributed by atoms with Crippen LogP contribution in [-0.2, 0) is 4.79 Å². The molecule has 128 valence electrons. The summed E-state index contributed by atoms with van der Waals surface area (Å²) in [6.07, 6.45) is 1.54. The third-order valence-corrected chi connectivity index (χ3v) is 3.91. The summed E-state index contributed by atoms with van der Waals surface area (Å²) in [5.74, 6) is -0.505. The van der Waals surface area contributed by atoms with Gasteiger partial charge in [-0.1, -0.05) is 23.7 Å². The van der Waals surface area contributed by atoms with Crippen LogP contribution in [0.15, 0.2) is 54.2 Å². The molecule has 0 saturated heterocycles. The van der Waals surface area contributed by atoms with E-state index in [4.69, 9.17) is 17.3 Å². The maximum Gasteiger partial charge on any atom is 0.267 e. The Morgan fingerprint density at radius 3 is 2.72 bits per heavy atom. The van der Waals surface area contributed by atoms with Crippen LogP contribution in [0.3, 0.4) is 0 Å². The molecule has 0 radical (unpaired) electrons. The van der Waals surface area contributed by atoms with Gasteiger partial charge in [0, 0.05) is 24.1 Å². The molecular weight excluding hydrogens is 336 g/mol. The number of amides is 1. The van der Waals surface area contributed by atoms with Crippen LogP contribution >= 0.6 is 11.6 Å². The molecule has 25 heavy (non-hydrogen) atoms. The van der Waals surface area contributed by atoms with Gasteiger partial charge in [0.1, 0.15) is 11.6 Å². The molecule has 0 aliphatic rings. The lowest BCUT2D eigenvalue weighted by Gasteiger charge is -2.19. The average molecular weight is 355 g/mol. The zero-order valence-electron chi connectivity index (χ0n) is 14.1. The summed E-state index contributed by atoms with van der Waals surface area (Å²) >= 11 is 5.95. The summed E-state index contributed by atoms with van der Waals surface area (Å²) in [5, 5.41) is 12.4. The molecule has 3 N–H and O–H groups in total. The Hall–Kier alpha value is -2.97. The minimum absolute atomic E-state index is 0.00342. The van der Waals surface area contributed by atoms with Gasteiger partial charge in [0.05, 0.1) is 10.7 Å². The summed E-state index contributed by atoms with van der Waals surface area (Å²) in [7, 11) is 0. The van der Waals surface area contributed by atoms with E-state index in [-0.39, 0.29) is 5.57 Å². The van der Waals surface area contributed by atoms with E-state index in [1.165, 1.54) is 0 Å². The number of nitrogens with two attached hydrogens (primary N) is 1. The number of carbonyl (C=O) groups is 1. The number of nitrogen functional groups attached to an aromatic ring is 1. The largest absolute Gasteiger partial charge is 0.398 e. The Kier molecular flexibility index (Phi) is 6.04. The van der Waals surface area contributed by atoms with E-state index in [9.17, 15) is 10.1 Å². The molecule has 0 spiro atoms. The second-order valence-electron chi connectivity index (χ2n) is 5.47. The highest BCUT2D eigenvalue weighted by molar-refractivity contribution is 6.33. The van der Waals surface area contributed by atoms with Crippen molar-refractivity contribution >= 4 is 34.6 Å². The molecule has 0 unspecified atom stereocenters. The first kappa shape index (κ1) is 18.4. The molecule has 2 rings (SSSR count). The zero-order valence-corrected chi connectivity index (χ0v) is 14.8. The molecule has 0 atom stereocenters. The van der Waals surface area contributed by atoms with Crippen molar-refractivity contribution in [3.05, 3.63) is 64.8 Å². The third kappa shape index (κ3) is 4.75. The van der Waals surface area contributed by atoms with E-state index in [0.29, 0.717) is 22.9 Å². The van der Waals surface area contributed by atoms with Crippen LogP contribution in [0.4, 0.5) is 17.1 Å². The van der Waals surface area contributed by atoms with Crippen LogP contribution in [0.1, 0.15) is 12.5 Å². The highest BCUT2D eigenvalue weighted by Gasteiger charge is 2.13. The Bertz CT molecular complexity index is 855. The van der Waals surface area contributed by atoms with Crippen molar-refractivity contribution in [2.24, 2.45) is 0 Å². The number of rotatable bonds is 5. The highest BCUT2D eigenvalue weighted by atomic mass is 35.5. The molecule has 2 aromatic rings. The van der Waals surface area contributed by atoms with E-state index < -0.39 is 5.91 Å². The fraction of sp³-hybridized carbons (Fsp3) is 0.158. The van der Waals surface area contributed by atoms with Gasteiger partial charge in [0.15, 0.2) is 0 Å². The molecule has 0 saturated carbocycles. The van der Waals surface area contributed by atoms with Crippen LogP contribution in [0.5, 0.6) is 0 Å². The lowest BCUT2D eigenvalue weighted by atomic mass is 10.2. The maximum absolute atomic E-state index is 12.4. The van der Waals surface area contributed by atoms with Gasteiger partial charge < -0.3 is 16.0 Å². The first-order valence-corrected chi connectivity index (χ1v) is 8.14. The molecule has 0 fully saturated rings. The second-order valence-corrected chi connectivity index (χ2v) is 5.88. The molecule has 5 nitrogen and oxygen atoms in total. The van der Waals surface area contributed by atoms with Crippen molar-refractivity contribution in [2.75, 3.05) is 22.5 Å². The lowest BCUT2D eigenvalue weighted by molar-refractivity contribution is -0.112. The molecule has 0 bridgehead atoms. The van der Waals surface area contributed by atoms with Crippen LogP contribution < -0.4 is 16.0 Å². The molecule has 0 aromatic heterocycles. The first-order chi connectivity index (χ1) is 11.9. The quantitative estimate of drug-likeness (QED) is 0.481. The molecular formula is C19H19ClN4O. The van der Waals surface area contributed by atoms with Gasteiger partial charge in [0.25, 0.3) is 5.91 Å². The Morgan fingerprint density at radius 2 is 2.12 bits per heavy atom. The number of nitrogens with one attached hydrogen (secondary N) is 1. The van der Waals surface area contributed by atoms with Gasteiger partial charge in [-0.15, -0.1) is 0 Å². The van der Waals surface area contributed by atoms with Crippen LogP contribution in [0.2, 0.25) is 5.02 Å². The highest BCUT2D eigenvalue weighted by Crippen LogP contribution is 2.23. The van der Waals surface area contributed by atoms with Crippen molar-refractivity contribution in [1.82, 2.24) is 0 Å². The molecule has 2 aromatic carbocycles. The number of nitriles is 1. The lowest BCUT2D eigenvalue weighted by Crippen LogP contribution is -2.20. The van der Waals surface area contributed by atoms with Gasteiger partial charge in [-0.2, -0.15) is 5.26 Å². The van der Waals surface area contributed by atoms with E-state index >= 15 is 0 Å². The number of halogens is 1. The predicted octanol–water partition coefficient (Wildman–Crippen LogP) is 4.10. The topological polar surface area (TPSA) is 82.2 Å². The van der Waals surface area contributed by atoms with Gasteiger partial charge >= 0.3 is 0 Å². The molecule has 0 heterocycles. The van der Waals surface area contributed by atoms with E-state index in [2.05, 4.69) is 5.32 Å².